The third-order valence-electron chi connectivity index (χ3n) is 4.72. The average molecular weight is 369 g/mol. The summed E-state index contributed by atoms with van der Waals surface area (Å²) in [6.07, 6.45) is 0. The van der Waals surface area contributed by atoms with E-state index in [2.05, 4.69) is 32.0 Å². The molecule has 2 atom stereocenters. The monoisotopic (exact) mass is 369 g/mol. The molecule has 0 aromatic heterocycles. The summed E-state index contributed by atoms with van der Waals surface area (Å²) in [4.78, 5) is 24.8. The van der Waals surface area contributed by atoms with E-state index in [9.17, 15) is 9.59 Å². The molecule has 1 amide bonds. The second-order valence-corrected chi connectivity index (χ2v) is 7.04. The Kier molecular flexibility index (Phi) is 6.61. The third kappa shape index (κ3) is 5.33. The highest BCUT2D eigenvalue weighted by molar-refractivity contribution is 5.87. The normalized spacial score (nSPS) is 12.9. The summed E-state index contributed by atoms with van der Waals surface area (Å²) in [5, 5.41) is 9.07. The Balaban J connectivity index is 2.01. The van der Waals surface area contributed by atoms with Crippen LogP contribution in [0.3, 0.4) is 0 Å². The van der Waals surface area contributed by atoms with Crippen molar-refractivity contribution in [2.45, 2.75) is 46.3 Å². The van der Waals surface area contributed by atoms with Crippen LogP contribution in [0, 0.1) is 13.8 Å². The van der Waals surface area contributed by atoms with Gasteiger partial charge in [0.05, 0.1) is 5.92 Å². The molecule has 1 N–H and O–H groups in total. The number of rotatable bonds is 7. The van der Waals surface area contributed by atoms with E-state index in [-0.39, 0.29) is 5.91 Å². The fourth-order valence-corrected chi connectivity index (χ4v) is 2.98. The lowest BCUT2D eigenvalue weighted by molar-refractivity contribution is -0.148. The molecule has 0 aliphatic carbocycles. The van der Waals surface area contributed by atoms with Gasteiger partial charge in [-0.15, -0.1) is 0 Å². The first-order valence-corrected chi connectivity index (χ1v) is 8.98. The van der Waals surface area contributed by atoms with Crippen LogP contribution in [-0.2, 0) is 16.2 Å². The molecule has 27 heavy (non-hydrogen) atoms. The van der Waals surface area contributed by atoms with Crippen molar-refractivity contribution in [2.24, 2.45) is 0 Å². The maximum atomic E-state index is 12.5. The van der Waals surface area contributed by atoms with Crippen LogP contribution < -0.4 is 4.74 Å². The van der Waals surface area contributed by atoms with Crippen molar-refractivity contribution in [3.05, 3.63) is 64.7 Å². The van der Waals surface area contributed by atoms with Crippen molar-refractivity contribution < 1.29 is 19.4 Å². The first-order chi connectivity index (χ1) is 12.7. The van der Waals surface area contributed by atoms with Gasteiger partial charge in [0.25, 0.3) is 0 Å². The number of hydrogen-bond acceptors (Lipinski definition) is 3. The lowest BCUT2D eigenvalue weighted by Crippen LogP contribution is -2.42. The van der Waals surface area contributed by atoms with E-state index in [4.69, 9.17) is 9.84 Å². The summed E-state index contributed by atoms with van der Waals surface area (Å²) in [6.45, 7) is 7.88. The minimum atomic E-state index is -1.02. The van der Waals surface area contributed by atoms with E-state index >= 15 is 0 Å². The van der Waals surface area contributed by atoms with Crippen LogP contribution >= 0.6 is 0 Å². The molecule has 144 valence electrons. The third-order valence-corrected chi connectivity index (χ3v) is 4.72. The highest BCUT2D eigenvalue weighted by Gasteiger charge is 2.26. The number of nitrogens with zero attached hydrogens (tertiary/aromatic N) is 1. The first-order valence-electron chi connectivity index (χ1n) is 8.98. The number of hydrogen-bond donors (Lipinski definition) is 1. The summed E-state index contributed by atoms with van der Waals surface area (Å²) in [6, 6.07) is 12.8. The second kappa shape index (κ2) is 8.71. The smallest absolute Gasteiger partial charge is 0.326 e. The summed E-state index contributed by atoms with van der Waals surface area (Å²) in [5.41, 5.74) is 4.35. The van der Waals surface area contributed by atoms with E-state index in [0.29, 0.717) is 6.61 Å². The molecule has 0 aliphatic heterocycles. The molecule has 2 aromatic rings. The zero-order chi connectivity index (χ0) is 20.1. The number of aryl methyl sites for hydroxylation is 2. The maximum Gasteiger partial charge on any atom is 0.326 e. The number of benzene rings is 2. The second-order valence-electron chi connectivity index (χ2n) is 7.04. The molecular formula is C22H27NO4. The van der Waals surface area contributed by atoms with Crippen LogP contribution in [0.1, 0.15) is 42.0 Å². The largest absolute Gasteiger partial charge is 0.489 e. The predicted molar refractivity (Wildman–Crippen MR) is 105 cm³/mol. The molecule has 0 bridgehead atoms. The van der Waals surface area contributed by atoms with Crippen molar-refractivity contribution >= 4 is 11.9 Å². The molecule has 5 nitrogen and oxygen atoms in total. The van der Waals surface area contributed by atoms with Gasteiger partial charge < -0.3 is 14.7 Å². The number of carbonyl (C=O) groups excluding carboxylic acids is 1. The van der Waals surface area contributed by atoms with Crippen molar-refractivity contribution in [2.75, 3.05) is 7.05 Å². The van der Waals surface area contributed by atoms with Crippen molar-refractivity contribution in [1.29, 1.82) is 0 Å². The lowest BCUT2D eigenvalue weighted by Gasteiger charge is -2.25. The van der Waals surface area contributed by atoms with Gasteiger partial charge in [-0.05, 0) is 51.0 Å². The van der Waals surface area contributed by atoms with Crippen molar-refractivity contribution in [3.8, 4) is 5.75 Å². The molecular weight excluding hydrogens is 342 g/mol. The predicted octanol–water partition coefficient (Wildman–Crippen LogP) is 3.92. The SMILES string of the molecule is Cc1cc(C)cc(COc2ccc(C(C)C(=O)N(C)[C@H](C)C(=O)O)cc2)c1. The zero-order valence-electron chi connectivity index (χ0n) is 16.5. The number of likely N-dealkylation sites (N-methyl/N-ethyl adjacent to an activating group) is 1. The van der Waals surface area contributed by atoms with Gasteiger partial charge in [0.1, 0.15) is 18.4 Å². The maximum absolute atomic E-state index is 12.5. The Labute approximate surface area is 160 Å². The quantitative estimate of drug-likeness (QED) is 0.803. The van der Waals surface area contributed by atoms with E-state index in [0.717, 1.165) is 16.9 Å². The van der Waals surface area contributed by atoms with Crippen LogP contribution in [-0.4, -0.2) is 35.0 Å². The number of ether oxygens (including phenoxy) is 1. The Bertz CT molecular complexity index is 793. The van der Waals surface area contributed by atoms with E-state index in [1.165, 1.54) is 30.0 Å². The number of carboxylic acid groups (broad SMARTS) is 1. The molecule has 0 spiro atoms. The fourth-order valence-electron chi connectivity index (χ4n) is 2.98. The van der Waals surface area contributed by atoms with Crippen LogP contribution in [0.2, 0.25) is 0 Å². The van der Waals surface area contributed by atoms with Gasteiger partial charge in [0.15, 0.2) is 0 Å². The Morgan fingerprint density at radius 2 is 1.59 bits per heavy atom. The van der Waals surface area contributed by atoms with Gasteiger partial charge in [-0.25, -0.2) is 4.79 Å². The van der Waals surface area contributed by atoms with Gasteiger partial charge in [-0.1, -0.05) is 41.5 Å². The lowest BCUT2D eigenvalue weighted by atomic mass is 9.99. The van der Waals surface area contributed by atoms with Gasteiger partial charge in [0.2, 0.25) is 5.91 Å². The summed E-state index contributed by atoms with van der Waals surface area (Å²) < 4.78 is 5.84. The Hall–Kier alpha value is -2.82. The topological polar surface area (TPSA) is 66.8 Å². The minimum absolute atomic E-state index is 0.228. The van der Waals surface area contributed by atoms with Crippen molar-refractivity contribution in [3.63, 3.8) is 0 Å². The zero-order valence-corrected chi connectivity index (χ0v) is 16.5. The standard InChI is InChI=1S/C22H27NO4/c1-14-10-15(2)12-18(11-14)13-27-20-8-6-19(7-9-20)16(3)21(24)23(5)17(4)22(25)26/h6-12,16-17H,13H2,1-5H3,(H,25,26)/t16?,17-/m1/s1. The molecule has 1 unspecified atom stereocenters. The Morgan fingerprint density at radius 3 is 2.11 bits per heavy atom. The molecule has 0 saturated heterocycles. The van der Waals surface area contributed by atoms with Crippen molar-refractivity contribution in [1.82, 2.24) is 4.90 Å². The van der Waals surface area contributed by atoms with E-state index in [1.54, 1.807) is 6.92 Å². The Morgan fingerprint density at radius 1 is 1.04 bits per heavy atom. The minimum Gasteiger partial charge on any atom is -0.489 e. The molecule has 0 fully saturated rings. The van der Waals surface area contributed by atoms with Gasteiger partial charge in [-0.3, -0.25) is 4.79 Å². The molecule has 2 rings (SSSR count). The summed E-state index contributed by atoms with van der Waals surface area (Å²) in [5.74, 6) is -0.947. The summed E-state index contributed by atoms with van der Waals surface area (Å²) >= 11 is 0. The van der Waals surface area contributed by atoms with E-state index in [1.807, 2.05) is 24.3 Å². The average Bonchev–Trinajstić information content (AvgIpc) is 2.63. The number of aliphatic carboxylic acids is 1. The number of carboxylic acids is 1. The van der Waals surface area contributed by atoms with Gasteiger partial charge in [0, 0.05) is 7.05 Å². The molecule has 5 heteroatoms. The molecule has 0 radical (unpaired) electrons. The first kappa shape index (κ1) is 20.5. The number of amides is 1. The molecule has 0 saturated carbocycles. The van der Waals surface area contributed by atoms with Gasteiger partial charge in [-0.2, -0.15) is 0 Å². The van der Waals surface area contributed by atoms with Crippen LogP contribution in [0.4, 0.5) is 0 Å². The van der Waals surface area contributed by atoms with E-state index < -0.39 is 17.9 Å². The van der Waals surface area contributed by atoms with Crippen LogP contribution in [0.5, 0.6) is 5.75 Å². The fraction of sp³-hybridized carbons (Fsp3) is 0.364. The van der Waals surface area contributed by atoms with Gasteiger partial charge >= 0.3 is 5.97 Å². The van der Waals surface area contributed by atoms with Crippen LogP contribution in [0.15, 0.2) is 42.5 Å². The number of carbonyl (C=O) groups is 2. The van der Waals surface area contributed by atoms with Crippen LogP contribution in [0.25, 0.3) is 0 Å². The summed E-state index contributed by atoms with van der Waals surface area (Å²) in [7, 11) is 1.51. The molecule has 2 aromatic carbocycles. The highest BCUT2D eigenvalue weighted by Crippen LogP contribution is 2.22. The molecule has 0 aliphatic rings. The molecule has 0 heterocycles. The highest BCUT2D eigenvalue weighted by atomic mass is 16.5.